The largest absolute Gasteiger partial charge is 0.352 e. The molecule has 1 rings (SSSR count). The molecule has 4 heteroatoms. The number of carbonyl (C=O) groups excluding carboxylic acids is 2. The fourth-order valence-corrected chi connectivity index (χ4v) is 2.45. The van der Waals surface area contributed by atoms with Crippen LogP contribution in [0.3, 0.4) is 0 Å². The lowest BCUT2D eigenvalue weighted by molar-refractivity contribution is -0.126. The molecule has 1 fully saturated rings. The SMILES string of the molecule is CC(C)NC(=O)CNC(=O)CCC1CCCCC1. The molecule has 0 aliphatic heterocycles. The predicted molar refractivity (Wildman–Crippen MR) is 72.1 cm³/mol. The van der Waals surface area contributed by atoms with Crippen molar-refractivity contribution in [2.45, 2.75) is 64.8 Å². The highest BCUT2D eigenvalue weighted by Gasteiger charge is 2.15. The summed E-state index contributed by atoms with van der Waals surface area (Å²) in [6.07, 6.45) is 8.02. The average molecular weight is 254 g/mol. The van der Waals surface area contributed by atoms with Crippen LogP contribution in [-0.4, -0.2) is 24.4 Å². The van der Waals surface area contributed by atoms with E-state index in [2.05, 4.69) is 10.6 Å². The summed E-state index contributed by atoms with van der Waals surface area (Å²) in [4.78, 5) is 22.9. The fourth-order valence-electron chi connectivity index (χ4n) is 2.45. The number of carbonyl (C=O) groups is 2. The first-order valence-corrected chi connectivity index (χ1v) is 7.14. The van der Waals surface area contributed by atoms with Crippen LogP contribution in [0.25, 0.3) is 0 Å². The van der Waals surface area contributed by atoms with E-state index >= 15 is 0 Å². The zero-order valence-electron chi connectivity index (χ0n) is 11.6. The molecule has 0 heterocycles. The zero-order chi connectivity index (χ0) is 13.4. The fraction of sp³-hybridized carbons (Fsp3) is 0.857. The molecule has 0 unspecified atom stereocenters. The quantitative estimate of drug-likeness (QED) is 0.761. The minimum absolute atomic E-state index is 0.000482. The third-order valence-corrected chi connectivity index (χ3v) is 3.40. The van der Waals surface area contributed by atoms with E-state index < -0.39 is 0 Å². The Labute approximate surface area is 110 Å². The molecule has 2 amide bonds. The van der Waals surface area contributed by atoms with Crippen LogP contribution in [0.4, 0.5) is 0 Å². The van der Waals surface area contributed by atoms with Crippen LogP contribution in [0.5, 0.6) is 0 Å². The Morgan fingerprint density at radius 2 is 1.78 bits per heavy atom. The Morgan fingerprint density at radius 3 is 2.39 bits per heavy atom. The molecule has 104 valence electrons. The van der Waals surface area contributed by atoms with Gasteiger partial charge in [-0.05, 0) is 26.2 Å². The molecule has 1 aliphatic carbocycles. The van der Waals surface area contributed by atoms with E-state index in [0.29, 0.717) is 12.3 Å². The van der Waals surface area contributed by atoms with E-state index in [-0.39, 0.29) is 24.4 Å². The summed E-state index contributed by atoms with van der Waals surface area (Å²) in [5.74, 6) is 0.601. The van der Waals surface area contributed by atoms with Gasteiger partial charge < -0.3 is 10.6 Å². The normalized spacial score (nSPS) is 16.6. The summed E-state index contributed by atoms with van der Waals surface area (Å²) in [5, 5.41) is 5.43. The molecular formula is C14H26N2O2. The zero-order valence-corrected chi connectivity index (χ0v) is 11.6. The van der Waals surface area contributed by atoms with Crippen molar-refractivity contribution >= 4 is 11.8 Å². The van der Waals surface area contributed by atoms with Gasteiger partial charge in [0.1, 0.15) is 0 Å². The van der Waals surface area contributed by atoms with Gasteiger partial charge in [0.15, 0.2) is 0 Å². The molecule has 0 bridgehead atoms. The molecule has 0 spiro atoms. The van der Waals surface area contributed by atoms with Crippen LogP contribution in [-0.2, 0) is 9.59 Å². The molecule has 0 aromatic carbocycles. The molecule has 0 atom stereocenters. The van der Waals surface area contributed by atoms with E-state index in [9.17, 15) is 9.59 Å². The van der Waals surface area contributed by atoms with Crippen molar-refractivity contribution in [1.29, 1.82) is 0 Å². The number of hydrogen-bond acceptors (Lipinski definition) is 2. The summed E-state index contributed by atoms with van der Waals surface area (Å²) in [6.45, 7) is 3.91. The van der Waals surface area contributed by atoms with E-state index in [1.54, 1.807) is 0 Å². The smallest absolute Gasteiger partial charge is 0.239 e. The van der Waals surface area contributed by atoms with Crippen LogP contribution in [0.2, 0.25) is 0 Å². The van der Waals surface area contributed by atoms with E-state index in [1.165, 1.54) is 32.1 Å². The highest BCUT2D eigenvalue weighted by atomic mass is 16.2. The predicted octanol–water partition coefficient (Wildman–Crippen LogP) is 1.99. The molecular weight excluding hydrogens is 228 g/mol. The van der Waals surface area contributed by atoms with Gasteiger partial charge in [-0.1, -0.05) is 32.1 Å². The second-order valence-electron chi connectivity index (χ2n) is 5.54. The van der Waals surface area contributed by atoms with Gasteiger partial charge in [-0.3, -0.25) is 9.59 Å². The lowest BCUT2D eigenvalue weighted by atomic mass is 9.86. The van der Waals surface area contributed by atoms with Crippen molar-refractivity contribution in [3.05, 3.63) is 0 Å². The maximum absolute atomic E-state index is 11.6. The maximum Gasteiger partial charge on any atom is 0.239 e. The van der Waals surface area contributed by atoms with Gasteiger partial charge in [-0.2, -0.15) is 0 Å². The Kier molecular flexibility index (Phi) is 6.76. The summed E-state index contributed by atoms with van der Waals surface area (Å²) in [5.41, 5.74) is 0. The summed E-state index contributed by atoms with van der Waals surface area (Å²) in [6, 6.07) is 0.122. The van der Waals surface area contributed by atoms with E-state index in [0.717, 1.165) is 6.42 Å². The van der Waals surface area contributed by atoms with Gasteiger partial charge in [-0.25, -0.2) is 0 Å². The second-order valence-corrected chi connectivity index (χ2v) is 5.54. The van der Waals surface area contributed by atoms with Crippen molar-refractivity contribution < 1.29 is 9.59 Å². The Bertz CT molecular complexity index is 271. The highest BCUT2D eigenvalue weighted by molar-refractivity contribution is 5.84. The van der Waals surface area contributed by atoms with Crippen molar-refractivity contribution in [2.24, 2.45) is 5.92 Å². The standard InChI is InChI=1S/C14H26N2O2/c1-11(2)16-14(18)10-15-13(17)9-8-12-6-4-3-5-7-12/h11-12H,3-10H2,1-2H3,(H,15,17)(H,16,18). The van der Waals surface area contributed by atoms with E-state index in [1.807, 2.05) is 13.8 Å². The van der Waals surface area contributed by atoms with Gasteiger partial charge in [0.05, 0.1) is 6.54 Å². The molecule has 1 saturated carbocycles. The average Bonchev–Trinajstić information content (AvgIpc) is 2.34. The van der Waals surface area contributed by atoms with Crippen LogP contribution in [0, 0.1) is 5.92 Å². The van der Waals surface area contributed by atoms with Gasteiger partial charge in [0, 0.05) is 12.5 Å². The number of amides is 2. The first kappa shape index (κ1) is 15.0. The Hall–Kier alpha value is -1.06. The van der Waals surface area contributed by atoms with Crippen molar-refractivity contribution in [2.75, 3.05) is 6.54 Å². The van der Waals surface area contributed by atoms with Crippen LogP contribution in [0.1, 0.15) is 58.8 Å². The summed E-state index contributed by atoms with van der Waals surface area (Å²) in [7, 11) is 0. The molecule has 0 saturated heterocycles. The molecule has 4 nitrogen and oxygen atoms in total. The van der Waals surface area contributed by atoms with E-state index in [4.69, 9.17) is 0 Å². The lowest BCUT2D eigenvalue weighted by Gasteiger charge is -2.20. The molecule has 2 N–H and O–H groups in total. The Morgan fingerprint density at radius 1 is 1.11 bits per heavy atom. The van der Waals surface area contributed by atoms with Gasteiger partial charge in [-0.15, -0.1) is 0 Å². The van der Waals surface area contributed by atoms with Crippen molar-refractivity contribution in [3.63, 3.8) is 0 Å². The lowest BCUT2D eigenvalue weighted by Crippen LogP contribution is -2.39. The van der Waals surface area contributed by atoms with Gasteiger partial charge in [0.25, 0.3) is 0 Å². The molecule has 18 heavy (non-hydrogen) atoms. The molecule has 0 aromatic rings. The van der Waals surface area contributed by atoms with Crippen LogP contribution >= 0.6 is 0 Å². The number of hydrogen-bond donors (Lipinski definition) is 2. The molecule has 0 radical (unpaired) electrons. The number of nitrogens with one attached hydrogen (secondary N) is 2. The van der Waals surface area contributed by atoms with Crippen LogP contribution in [0.15, 0.2) is 0 Å². The summed E-state index contributed by atoms with van der Waals surface area (Å²) < 4.78 is 0. The minimum Gasteiger partial charge on any atom is -0.352 e. The first-order chi connectivity index (χ1) is 8.58. The van der Waals surface area contributed by atoms with Crippen molar-refractivity contribution in [1.82, 2.24) is 10.6 Å². The Balaban J connectivity index is 2.07. The number of rotatable bonds is 6. The van der Waals surface area contributed by atoms with Gasteiger partial charge >= 0.3 is 0 Å². The minimum atomic E-state index is -0.115. The third-order valence-electron chi connectivity index (χ3n) is 3.40. The molecule has 1 aliphatic rings. The third kappa shape index (κ3) is 6.62. The summed E-state index contributed by atoms with van der Waals surface area (Å²) >= 11 is 0. The topological polar surface area (TPSA) is 58.2 Å². The first-order valence-electron chi connectivity index (χ1n) is 7.14. The monoisotopic (exact) mass is 254 g/mol. The molecule has 0 aromatic heterocycles. The van der Waals surface area contributed by atoms with Crippen molar-refractivity contribution in [3.8, 4) is 0 Å². The van der Waals surface area contributed by atoms with Crippen LogP contribution < -0.4 is 10.6 Å². The highest BCUT2D eigenvalue weighted by Crippen LogP contribution is 2.27. The van der Waals surface area contributed by atoms with Gasteiger partial charge in [0.2, 0.25) is 11.8 Å². The second kappa shape index (κ2) is 8.11. The maximum atomic E-state index is 11.6.